The lowest BCUT2D eigenvalue weighted by Crippen LogP contribution is -2.23. The van der Waals surface area contributed by atoms with Crippen molar-refractivity contribution in [2.45, 2.75) is 20.4 Å². The van der Waals surface area contributed by atoms with Crippen LogP contribution in [0, 0.1) is 13.8 Å². The van der Waals surface area contributed by atoms with Gasteiger partial charge in [0.15, 0.2) is 0 Å². The van der Waals surface area contributed by atoms with Gasteiger partial charge in [0.2, 0.25) is 11.7 Å². The summed E-state index contributed by atoms with van der Waals surface area (Å²) >= 11 is 6.11. The number of rotatable bonds is 4. The number of amides is 1. The molecule has 0 bridgehead atoms. The van der Waals surface area contributed by atoms with Crippen molar-refractivity contribution in [2.75, 3.05) is 0 Å². The van der Waals surface area contributed by atoms with Gasteiger partial charge in [0.05, 0.1) is 11.6 Å². The zero-order valence-corrected chi connectivity index (χ0v) is 14.1. The summed E-state index contributed by atoms with van der Waals surface area (Å²) in [6.45, 7) is 4.13. The Morgan fingerprint density at radius 1 is 1.17 bits per heavy atom. The highest BCUT2D eigenvalue weighted by Gasteiger charge is 2.13. The zero-order valence-electron chi connectivity index (χ0n) is 13.3. The van der Waals surface area contributed by atoms with Gasteiger partial charge in [0.1, 0.15) is 0 Å². The molecule has 3 aromatic rings. The molecule has 0 spiro atoms. The van der Waals surface area contributed by atoms with Crippen LogP contribution in [0.1, 0.15) is 27.4 Å². The summed E-state index contributed by atoms with van der Waals surface area (Å²) in [7, 11) is 0. The van der Waals surface area contributed by atoms with Gasteiger partial charge in [0.25, 0.3) is 5.91 Å². The zero-order chi connectivity index (χ0) is 17.1. The normalized spacial score (nSPS) is 10.6. The van der Waals surface area contributed by atoms with Crippen molar-refractivity contribution in [1.82, 2.24) is 15.5 Å². The quantitative estimate of drug-likeness (QED) is 0.780. The highest BCUT2D eigenvalue weighted by molar-refractivity contribution is 6.33. The molecular formula is C18H16ClN3O2. The topological polar surface area (TPSA) is 68.0 Å². The van der Waals surface area contributed by atoms with E-state index in [1.807, 2.05) is 44.2 Å². The van der Waals surface area contributed by atoms with Crippen LogP contribution in [0.3, 0.4) is 0 Å². The van der Waals surface area contributed by atoms with Crippen molar-refractivity contribution in [3.8, 4) is 11.4 Å². The third kappa shape index (κ3) is 3.46. The second-order valence-corrected chi connectivity index (χ2v) is 5.88. The van der Waals surface area contributed by atoms with Gasteiger partial charge < -0.3 is 9.84 Å². The molecule has 0 atom stereocenters. The van der Waals surface area contributed by atoms with Gasteiger partial charge in [-0.1, -0.05) is 35.0 Å². The molecule has 6 heteroatoms. The Kier molecular flexibility index (Phi) is 4.62. The van der Waals surface area contributed by atoms with E-state index in [0.29, 0.717) is 27.9 Å². The first-order chi connectivity index (χ1) is 11.5. The van der Waals surface area contributed by atoms with Crippen molar-refractivity contribution in [2.24, 2.45) is 0 Å². The Balaban J connectivity index is 1.68. The third-order valence-electron chi connectivity index (χ3n) is 3.75. The average Bonchev–Trinajstić information content (AvgIpc) is 3.04. The first-order valence-corrected chi connectivity index (χ1v) is 7.85. The highest BCUT2D eigenvalue weighted by atomic mass is 35.5. The molecule has 5 nitrogen and oxygen atoms in total. The minimum atomic E-state index is -0.185. The summed E-state index contributed by atoms with van der Waals surface area (Å²) in [6, 6.07) is 12.8. The van der Waals surface area contributed by atoms with Gasteiger partial charge in [-0.2, -0.15) is 4.98 Å². The number of nitrogens with one attached hydrogen (secondary N) is 1. The van der Waals surface area contributed by atoms with Crippen molar-refractivity contribution < 1.29 is 9.32 Å². The SMILES string of the molecule is Cc1ccc(C(=O)NCc2nc(-c3ccccc3Cl)no2)cc1C. The van der Waals surface area contributed by atoms with Crippen molar-refractivity contribution in [1.29, 1.82) is 0 Å². The van der Waals surface area contributed by atoms with Crippen LogP contribution in [0.25, 0.3) is 11.4 Å². The van der Waals surface area contributed by atoms with E-state index in [4.69, 9.17) is 16.1 Å². The van der Waals surface area contributed by atoms with E-state index in [2.05, 4.69) is 15.5 Å². The Hall–Kier alpha value is -2.66. The predicted molar refractivity (Wildman–Crippen MR) is 91.8 cm³/mol. The second kappa shape index (κ2) is 6.84. The highest BCUT2D eigenvalue weighted by Crippen LogP contribution is 2.24. The fourth-order valence-electron chi connectivity index (χ4n) is 2.22. The molecule has 0 radical (unpaired) electrons. The molecule has 1 heterocycles. The summed E-state index contributed by atoms with van der Waals surface area (Å²) < 4.78 is 5.17. The number of halogens is 1. The first-order valence-electron chi connectivity index (χ1n) is 7.47. The Bertz CT molecular complexity index is 889. The summed E-state index contributed by atoms with van der Waals surface area (Å²) in [5.41, 5.74) is 3.51. The molecule has 0 saturated heterocycles. The van der Waals surface area contributed by atoms with E-state index >= 15 is 0 Å². The second-order valence-electron chi connectivity index (χ2n) is 5.47. The van der Waals surface area contributed by atoms with Gasteiger partial charge in [0, 0.05) is 11.1 Å². The Morgan fingerprint density at radius 3 is 2.71 bits per heavy atom. The van der Waals surface area contributed by atoms with Crippen molar-refractivity contribution >= 4 is 17.5 Å². The number of nitrogens with zero attached hydrogens (tertiary/aromatic N) is 2. The van der Waals surface area contributed by atoms with Gasteiger partial charge in [-0.15, -0.1) is 0 Å². The fraction of sp³-hybridized carbons (Fsp3) is 0.167. The molecule has 1 N–H and O–H groups in total. The number of hydrogen-bond acceptors (Lipinski definition) is 4. The molecule has 0 aliphatic heterocycles. The standard InChI is InChI=1S/C18H16ClN3O2/c1-11-7-8-13(9-12(11)2)18(23)20-10-16-21-17(22-24-16)14-5-3-4-6-15(14)19/h3-9H,10H2,1-2H3,(H,20,23). The van der Waals surface area contributed by atoms with Crippen LogP contribution in [0.15, 0.2) is 47.0 Å². The van der Waals surface area contributed by atoms with E-state index in [1.54, 1.807) is 12.1 Å². The molecule has 0 saturated carbocycles. The van der Waals surface area contributed by atoms with E-state index in [9.17, 15) is 4.79 Å². The number of aromatic nitrogens is 2. The minimum absolute atomic E-state index is 0.156. The summed E-state index contributed by atoms with van der Waals surface area (Å²) in [4.78, 5) is 16.5. The van der Waals surface area contributed by atoms with Crippen LogP contribution >= 0.6 is 11.6 Å². The lowest BCUT2D eigenvalue weighted by molar-refractivity contribution is 0.0946. The number of benzene rings is 2. The Morgan fingerprint density at radius 2 is 1.96 bits per heavy atom. The lowest BCUT2D eigenvalue weighted by Gasteiger charge is -2.05. The van der Waals surface area contributed by atoms with Crippen LogP contribution in [0.4, 0.5) is 0 Å². The summed E-state index contributed by atoms with van der Waals surface area (Å²) in [5, 5.41) is 7.22. The van der Waals surface area contributed by atoms with Crippen molar-refractivity contribution in [3.63, 3.8) is 0 Å². The van der Waals surface area contributed by atoms with Gasteiger partial charge in [-0.25, -0.2) is 0 Å². The van der Waals surface area contributed by atoms with Gasteiger partial charge in [-0.3, -0.25) is 4.79 Å². The van der Waals surface area contributed by atoms with Crippen LogP contribution in [0.5, 0.6) is 0 Å². The van der Waals surface area contributed by atoms with Crippen LogP contribution in [0.2, 0.25) is 5.02 Å². The molecule has 2 aromatic carbocycles. The molecule has 122 valence electrons. The molecular weight excluding hydrogens is 326 g/mol. The molecule has 0 aliphatic rings. The Labute approximate surface area is 144 Å². The molecule has 3 rings (SSSR count). The number of carbonyl (C=O) groups excluding carboxylic acids is 1. The van der Waals surface area contributed by atoms with Gasteiger partial charge in [-0.05, 0) is 49.2 Å². The van der Waals surface area contributed by atoms with Crippen LogP contribution in [-0.4, -0.2) is 16.0 Å². The minimum Gasteiger partial charge on any atom is -0.343 e. The smallest absolute Gasteiger partial charge is 0.251 e. The third-order valence-corrected chi connectivity index (χ3v) is 4.08. The molecule has 24 heavy (non-hydrogen) atoms. The molecule has 0 aliphatic carbocycles. The largest absolute Gasteiger partial charge is 0.343 e. The van der Waals surface area contributed by atoms with Gasteiger partial charge >= 0.3 is 0 Å². The monoisotopic (exact) mass is 341 g/mol. The molecule has 1 amide bonds. The maximum atomic E-state index is 12.2. The van der Waals surface area contributed by atoms with E-state index in [0.717, 1.165) is 11.1 Å². The maximum absolute atomic E-state index is 12.2. The fourth-order valence-corrected chi connectivity index (χ4v) is 2.44. The van der Waals surface area contributed by atoms with E-state index in [-0.39, 0.29) is 12.5 Å². The van der Waals surface area contributed by atoms with Crippen LogP contribution < -0.4 is 5.32 Å². The first kappa shape index (κ1) is 16.2. The molecule has 0 fully saturated rings. The molecule has 0 unspecified atom stereocenters. The summed E-state index contributed by atoms with van der Waals surface area (Å²) in [6.07, 6.45) is 0. The number of carbonyl (C=O) groups is 1. The molecule has 1 aromatic heterocycles. The van der Waals surface area contributed by atoms with Crippen molar-refractivity contribution in [3.05, 3.63) is 70.1 Å². The summed E-state index contributed by atoms with van der Waals surface area (Å²) in [5.74, 6) is 0.536. The average molecular weight is 342 g/mol. The predicted octanol–water partition coefficient (Wildman–Crippen LogP) is 3.94. The van der Waals surface area contributed by atoms with E-state index in [1.165, 1.54) is 0 Å². The maximum Gasteiger partial charge on any atom is 0.251 e. The van der Waals surface area contributed by atoms with E-state index < -0.39 is 0 Å². The number of aryl methyl sites for hydroxylation is 2. The van der Waals surface area contributed by atoms with Crippen LogP contribution in [-0.2, 0) is 6.54 Å². The lowest BCUT2D eigenvalue weighted by atomic mass is 10.1. The number of hydrogen-bond donors (Lipinski definition) is 1.